The van der Waals surface area contributed by atoms with Crippen molar-refractivity contribution in [2.24, 2.45) is 0 Å². The Hall–Kier alpha value is -3.00. The molecule has 118 valence electrons. The van der Waals surface area contributed by atoms with Gasteiger partial charge in [-0.2, -0.15) is 0 Å². The lowest BCUT2D eigenvalue weighted by molar-refractivity contribution is 0.103. The molecule has 0 atom stereocenters. The van der Waals surface area contributed by atoms with Crippen LogP contribution in [0.5, 0.6) is 0 Å². The van der Waals surface area contributed by atoms with Crippen LogP contribution in [0.1, 0.15) is 43.0 Å². The highest BCUT2D eigenvalue weighted by molar-refractivity contribution is 6.15. The molecule has 0 spiro atoms. The average Bonchev–Trinajstić information content (AvgIpc) is 2.63. The van der Waals surface area contributed by atoms with Gasteiger partial charge in [0.05, 0.1) is 0 Å². The van der Waals surface area contributed by atoms with E-state index in [0.717, 1.165) is 11.1 Å². The van der Waals surface area contributed by atoms with Crippen LogP contribution in [0.3, 0.4) is 0 Å². The average molecular weight is 314 g/mol. The maximum atomic E-state index is 12.9. The lowest BCUT2D eigenvalue weighted by Crippen LogP contribution is -2.11. The summed E-state index contributed by atoms with van der Waals surface area (Å²) in [4.78, 5) is 25.7. The van der Waals surface area contributed by atoms with Gasteiger partial charge in [-0.25, -0.2) is 0 Å². The van der Waals surface area contributed by atoms with Crippen molar-refractivity contribution < 1.29 is 9.59 Å². The fourth-order valence-corrected chi connectivity index (χ4v) is 2.92. The first kappa shape index (κ1) is 15.9. The second-order valence-corrected chi connectivity index (χ2v) is 5.82. The summed E-state index contributed by atoms with van der Waals surface area (Å²) in [5, 5.41) is 0. The highest BCUT2D eigenvalue weighted by Gasteiger charge is 2.20. The van der Waals surface area contributed by atoms with E-state index in [-0.39, 0.29) is 11.6 Å². The predicted octanol–water partition coefficient (Wildman–Crippen LogP) is 4.77. The van der Waals surface area contributed by atoms with Crippen molar-refractivity contribution in [3.8, 4) is 0 Å². The van der Waals surface area contributed by atoms with E-state index in [1.54, 1.807) is 24.3 Å². The van der Waals surface area contributed by atoms with Crippen molar-refractivity contribution in [1.29, 1.82) is 0 Å². The Bertz CT molecular complexity index is 894. The van der Waals surface area contributed by atoms with E-state index < -0.39 is 0 Å². The molecule has 0 fully saturated rings. The van der Waals surface area contributed by atoms with Gasteiger partial charge in [0, 0.05) is 22.3 Å². The Morgan fingerprint density at radius 2 is 1.12 bits per heavy atom. The number of hydrogen-bond donors (Lipinski definition) is 0. The zero-order chi connectivity index (χ0) is 17.1. The monoisotopic (exact) mass is 314 g/mol. The summed E-state index contributed by atoms with van der Waals surface area (Å²) in [6, 6.07) is 22.0. The number of ketones is 2. The number of carbonyl (C=O) groups is 2. The third-order valence-corrected chi connectivity index (χ3v) is 4.22. The zero-order valence-electron chi connectivity index (χ0n) is 13.7. The Morgan fingerprint density at radius 1 is 0.625 bits per heavy atom. The summed E-state index contributed by atoms with van der Waals surface area (Å²) in [5.74, 6) is -0.108. The highest BCUT2D eigenvalue weighted by Crippen LogP contribution is 2.23. The molecular weight excluding hydrogens is 296 g/mol. The first-order valence-electron chi connectivity index (χ1n) is 7.89. The van der Waals surface area contributed by atoms with Gasteiger partial charge in [0.25, 0.3) is 0 Å². The molecule has 0 aliphatic heterocycles. The lowest BCUT2D eigenvalue weighted by Gasteiger charge is -2.13. The molecule has 0 unspecified atom stereocenters. The van der Waals surface area contributed by atoms with Crippen LogP contribution in [0.25, 0.3) is 0 Å². The fourth-order valence-electron chi connectivity index (χ4n) is 2.92. The van der Waals surface area contributed by atoms with E-state index in [9.17, 15) is 9.59 Å². The molecule has 0 N–H and O–H groups in total. The number of rotatable bonds is 4. The predicted molar refractivity (Wildman–Crippen MR) is 95.7 cm³/mol. The quantitative estimate of drug-likeness (QED) is 0.650. The van der Waals surface area contributed by atoms with Gasteiger partial charge in [-0.15, -0.1) is 0 Å². The largest absolute Gasteiger partial charge is 0.289 e. The molecule has 0 radical (unpaired) electrons. The second-order valence-electron chi connectivity index (χ2n) is 5.82. The molecule has 0 bridgehead atoms. The second kappa shape index (κ2) is 6.63. The third kappa shape index (κ3) is 2.91. The van der Waals surface area contributed by atoms with Crippen LogP contribution in [0.15, 0.2) is 72.8 Å². The molecule has 0 aliphatic carbocycles. The summed E-state index contributed by atoms with van der Waals surface area (Å²) in [5.41, 5.74) is 4.06. The van der Waals surface area contributed by atoms with Crippen LogP contribution >= 0.6 is 0 Å². The van der Waals surface area contributed by atoms with Crippen LogP contribution in [0, 0.1) is 13.8 Å². The molecule has 2 nitrogen and oxygen atoms in total. The highest BCUT2D eigenvalue weighted by atomic mass is 16.1. The lowest BCUT2D eigenvalue weighted by atomic mass is 9.89. The maximum absolute atomic E-state index is 12.9. The molecule has 3 rings (SSSR count). The van der Waals surface area contributed by atoms with Crippen LogP contribution in [0.4, 0.5) is 0 Å². The summed E-state index contributed by atoms with van der Waals surface area (Å²) >= 11 is 0. The molecule has 0 saturated heterocycles. The van der Waals surface area contributed by atoms with E-state index in [1.807, 2.05) is 62.4 Å². The van der Waals surface area contributed by atoms with Crippen molar-refractivity contribution >= 4 is 11.6 Å². The Balaban J connectivity index is 2.09. The number of hydrogen-bond acceptors (Lipinski definition) is 2. The van der Waals surface area contributed by atoms with Gasteiger partial charge in [0.15, 0.2) is 11.6 Å². The first-order valence-corrected chi connectivity index (χ1v) is 7.89. The van der Waals surface area contributed by atoms with Gasteiger partial charge in [0.1, 0.15) is 0 Å². The van der Waals surface area contributed by atoms with E-state index in [2.05, 4.69) is 0 Å². The Morgan fingerprint density at radius 3 is 1.67 bits per heavy atom. The smallest absolute Gasteiger partial charge is 0.193 e. The minimum Gasteiger partial charge on any atom is -0.289 e. The van der Waals surface area contributed by atoms with Crippen molar-refractivity contribution in [2.75, 3.05) is 0 Å². The maximum Gasteiger partial charge on any atom is 0.193 e. The van der Waals surface area contributed by atoms with Crippen LogP contribution in [-0.2, 0) is 0 Å². The summed E-state index contributed by atoms with van der Waals surface area (Å²) in [6.07, 6.45) is 0. The normalized spacial score (nSPS) is 10.4. The molecular formula is C22H18O2. The van der Waals surface area contributed by atoms with E-state index in [4.69, 9.17) is 0 Å². The van der Waals surface area contributed by atoms with Gasteiger partial charge in [-0.05, 0) is 25.0 Å². The van der Waals surface area contributed by atoms with E-state index >= 15 is 0 Å². The van der Waals surface area contributed by atoms with Crippen molar-refractivity contribution in [3.63, 3.8) is 0 Å². The van der Waals surface area contributed by atoms with Gasteiger partial charge in [-0.1, -0.05) is 72.8 Å². The third-order valence-electron chi connectivity index (χ3n) is 4.22. The van der Waals surface area contributed by atoms with Crippen molar-refractivity contribution in [3.05, 3.63) is 106 Å². The first-order chi connectivity index (χ1) is 11.6. The molecule has 0 saturated carbocycles. The van der Waals surface area contributed by atoms with Gasteiger partial charge >= 0.3 is 0 Å². The molecule has 2 heteroatoms. The van der Waals surface area contributed by atoms with Gasteiger partial charge in [0.2, 0.25) is 0 Å². The minimum absolute atomic E-state index is 0.0479. The van der Waals surface area contributed by atoms with E-state index in [1.165, 1.54) is 0 Å². The molecule has 3 aromatic rings. The Kier molecular flexibility index (Phi) is 4.39. The summed E-state index contributed by atoms with van der Waals surface area (Å²) in [7, 11) is 0. The molecule has 0 aliphatic rings. The molecule has 0 amide bonds. The number of benzene rings is 3. The van der Waals surface area contributed by atoms with Gasteiger partial charge < -0.3 is 0 Å². The van der Waals surface area contributed by atoms with Crippen LogP contribution in [-0.4, -0.2) is 11.6 Å². The number of carbonyl (C=O) groups excluding carboxylic acids is 2. The fraction of sp³-hybridized carbons (Fsp3) is 0.0909. The number of aryl methyl sites for hydroxylation is 1. The molecule has 24 heavy (non-hydrogen) atoms. The van der Waals surface area contributed by atoms with Crippen LogP contribution in [0.2, 0.25) is 0 Å². The Labute approximate surface area is 141 Å². The van der Waals surface area contributed by atoms with Gasteiger partial charge in [-0.3, -0.25) is 9.59 Å². The van der Waals surface area contributed by atoms with Crippen LogP contribution < -0.4 is 0 Å². The molecule has 3 aromatic carbocycles. The topological polar surface area (TPSA) is 34.1 Å². The zero-order valence-corrected chi connectivity index (χ0v) is 13.7. The minimum atomic E-state index is -0.0600. The summed E-state index contributed by atoms with van der Waals surface area (Å²) in [6.45, 7) is 3.75. The summed E-state index contributed by atoms with van der Waals surface area (Å²) < 4.78 is 0. The SMILES string of the molecule is Cc1ccc(C(=O)c2ccccc2)c(C)c1C(=O)c1ccccc1. The van der Waals surface area contributed by atoms with Crippen molar-refractivity contribution in [1.82, 2.24) is 0 Å². The van der Waals surface area contributed by atoms with Crippen molar-refractivity contribution in [2.45, 2.75) is 13.8 Å². The standard InChI is InChI=1S/C22H18O2/c1-15-13-14-19(21(23)17-9-5-3-6-10-17)16(2)20(15)22(24)18-11-7-4-8-12-18/h3-14H,1-2H3. The van der Waals surface area contributed by atoms with E-state index in [0.29, 0.717) is 22.3 Å². The molecule has 0 heterocycles. The molecule has 0 aromatic heterocycles.